The first-order chi connectivity index (χ1) is 10.1. The summed E-state index contributed by atoms with van der Waals surface area (Å²) < 4.78 is 0. The van der Waals surface area contributed by atoms with Gasteiger partial charge in [-0.2, -0.15) is 10.2 Å². The van der Waals surface area contributed by atoms with Gasteiger partial charge in [0.15, 0.2) is 5.82 Å². The average Bonchev–Trinajstić information content (AvgIpc) is 3.11. The molecule has 3 N–H and O–H groups in total. The van der Waals surface area contributed by atoms with Crippen molar-refractivity contribution in [2.75, 3.05) is 5.32 Å². The van der Waals surface area contributed by atoms with Gasteiger partial charge in [-0.05, 0) is 32.0 Å². The number of hydrogen-bond donors (Lipinski definition) is 3. The summed E-state index contributed by atoms with van der Waals surface area (Å²) in [5.74, 6) is 0.245. The van der Waals surface area contributed by atoms with Gasteiger partial charge in [-0.1, -0.05) is 0 Å². The van der Waals surface area contributed by atoms with Crippen molar-refractivity contribution in [1.82, 2.24) is 25.4 Å². The Hall–Kier alpha value is -2.96. The predicted octanol–water partition coefficient (Wildman–Crippen LogP) is 2.06. The van der Waals surface area contributed by atoms with Crippen molar-refractivity contribution in [2.24, 2.45) is 0 Å². The zero-order chi connectivity index (χ0) is 14.8. The van der Waals surface area contributed by atoms with Crippen LogP contribution in [0.25, 0.3) is 11.3 Å². The molecule has 1 amide bonds. The lowest BCUT2D eigenvalue weighted by Crippen LogP contribution is -2.13. The van der Waals surface area contributed by atoms with E-state index in [4.69, 9.17) is 0 Å². The molecule has 106 valence electrons. The fourth-order valence-corrected chi connectivity index (χ4v) is 1.89. The molecule has 0 saturated carbocycles. The minimum Gasteiger partial charge on any atom is -0.304 e. The van der Waals surface area contributed by atoms with E-state index >= 15 is 0 Å². The fraction of sp³-hybridized carbons (Fsp3) is 0.143. The normalized spacial score (nSPS) is 10.6. The molecule has 0 aliphatic carbocycles. The highest BCUT2D eigenvalue weighted by Gasteiger charge is 2.14. The Morgan fingerprint density at radius 1 is 1.14 bits per heavy atom. The number of nitrogens with zero attached hydrogens (tertiary/aromatic N) is 3. The summed E-state index contributed by atoms with van der Waals surface area (Å²) in [6.07, 6.45) is 3.36. The molecule has 3 aromatic heterocycles. The van der Waals surface area contributed by atoms with E-state index in [0.717, 1.165) is 16.8 Å². The highest BCUT2D eigenvalue weighted by molar-refractivity contribution is 6.03. The molecule has 0 atom stereocenters. The zero-order valence-electron chi connectivity index (χ0n) is 11.6. The molecule has 0 bridgehead atoms. The molecular formula is C14H14N6O. The van der Waals surface area contributed by atoms with Crippen molar-refractivity contribution >= 4 is 11.7 Å². The van der Waals surface area contributed by atoms with E-state index < -0.39 is 0 Å². The maximum atomic E-state index is 12.2. The van der Waals surface area contributed by atoms with Crippen LogP contribution in [-0.2, 0) is 0 Å². The second-order valence-corrected chi connectivity index (χ2v) is 4.68. The third-order valence-electron chi connectivity index (χ3n) is 3.28. The van der Waals surface area contributed by atoms with E-state index in [1.54, 1.807) is 18.5 Å². The van der Waals surface area contributed by atoms with Gasteiger partial charge in [-0.3, -0.25) is 20.0 Å². The first kappa shape index (κ1) is 13.0. The SMILES string of the molecule is Cc1[nH]nc(NC(=O)c2cc(-c3ccncc3)n[nH]2)c1C. The van der Waals surface area contributed by atoms with E-state index in [-0.39, 0.29) is 5.91 Å². The molecular weight excluding hydrogens is 268 g/mol. The molecule has 3 rings (SSSR count). The maximum Gasteiger partial charge on any atom is 0.274 e. The summed E-state index contributed by atoms with van der Waals surface area (Å²) >= 11 is 0. The number of aromatic amines is 2. The highest BCUT2D eigenvalue weighted by atomic mass is 16.2. The van der Waals surface area contributed by atoms with Crippen molar-refractivity contribution in [3.05, 3.63) is 47.5 Å². The second-order valence-electron chi connectivity index (χ2n) is 4.68. The summed E-state index contributed by atoms with van der Waals surface area (Å²) in [6, 6.07) is 5.36. The predicted molar refractivity (Wildman–Crippen MR) is 77.8 cm³/mol. The van der Waals surface area contributed by atoms with Crippen LogP contribution in [0, 0.1) is 13.8 Å². The standard InChI is InChI=1S/C14H14N6O/c1-8-9(2)17-20-13(8)16-14(21)12-7-11(18-19-12)10-3-5-15-6-4-10/h3-7H,1-2H3,(H,18,19)(H2,16,17,20,21). The lowest BCUT2D eigenvalue weighted by Gasteiger charge is -2.00. The van der Waals surface area contributed by atoms with E-state index in [1.165, 1.54) is 0 Å². The van der Waals surface area contributed by atoms with Crippen LogP contribution in [-0.4, -0.2) is 31.3 Å². The number of H-pyrrole nitrogens is 2. The van der Waals surface area contributed by atoms with Gasteiger partial charge < -0.3 is 5.32 Å². The molecule has 0 radical (unpaired) electrons. The summed E-state index contributed by atoms with van der Waals surface area (Å²) in [7, 11) is 0. The van der Waals surface area contributed by atoms with E-state index in [2.05, 4.69) is 30.7 Å². The Balaban J connectivity index is 1.80. The summed E-state index contributed by atoms with van der Waals surface area (Å²) in [4.78, 5) is 16.1. The van der Waals surface area contributed by atoms with Gasteiger partial charge in [0, 0.05) is 29.2 Å². The van der Waals surface area contributed by atoms with Gasteiger partial charge in [0.25, 0.3) is 5.91 Å². The van der Waals surface area contributed by atoms with Crippen LogP contribution in [0.1, 0.15) is 21.7 Å². The van der Waals surface area contributed by atoms with Crippen molar-refractivity contribution < 1.29 is 4.79 Å². The van der Waals surface area contributed by atoms with Crippen LogP contribution in [0.4, 0.5) is 5.82 Å². The minimum atomic E-state index is -0.280. The van der Waals surface area contributed by atoms with Crippen LogP contribution in [0.15, 0.2) is 30.6 Å². The lowest BCUT2D eigenvalue weighted by molar-refractivity contribution is 0.102. The smallest absolute Gasteiger partial charge is 0.274 e. The number of carbonyl (C=O) groups excluding carboxylic acids is 1. The molecule has 0 aliphatic rings. The number of aryl methyl sites for hydroxylation is 1. The monoisotopic (exact) mass is 282 g/mol. The van der Waals surface area contributed by atoms with Gasteiger partial charge in [-0.15, -0.1) is 0 Å². The number of hydrogen-bond acceptors (Lipinski definition) is 4. The van der Waals surface area contributed by atoms with E-state index in [0.29, 0.717) is 17.2 Å². The molecule has 0 spiro atoms. The molecule has 21 heavy (non-hydrogen) atoms. The lowest BCUT2D eigenvalue weighted by atomic mass is 10.2. The number of aromatic nitrogens is 5. The number of amides is 1. The molecule has 0 fully saturated rings. The van der Waals surface area contributed by atoms with Crippen molar-refractivity contribution in [1.29, 1.82) is 0 Å². The topological polar surface area (TPSA) is 99.3 Å². The number of carbonyl (C=O) groups is 1. The van der Waals surface area contributed by atoms with Gasteiger partial charge >= 0.3 is 0 Å². The Morgan fingerprint density at radius 2 is 1.90 bits per heavy atom. The second kappa shape index (κ2) is 5.20. The van der Waals surface area contributed by atoms with Crippen LogP contribution >= 0.6 is 0 Å². The summed E-state index contributed by atoms with van der Waals surface area (Å²) in [5.41, 5.74) is 3.80. The number of rotatable bonds is 3. The molecule has 0 unspecified atom stereocenters. The van der Waals surface area contributed by atoms with Crippen LogP contribution < -0.4 is 5.32 Å². The number of anilines is 1. The summed E-state index contributed by atoms with van der Waals surface area (Å²) in [6.45, 7) is 3.79. The third-order valence-corrected chi connectivity index (χ3v) is 3.28. The van der Waals surface area contributed by atoms with Crippen LogP contribution in [0.5, 0.6) is 0 Å². The largest absolute Gasteiger partial charge is 0.304 e. The Labute approximate surface area is 120 Å². The third kappa shape index (κ3) is 2.53. The van der Waals surface area contributed by atoms with Crippen LogP contribution in [0.3, 0.4) is 0 Å². The molecule has 3 heterocycles. The molecule has 0 aromatic carbocycles. The molecule has 7 heteroatoms. The van der Waals surface area contributed by atoms with Crippen molar-refractivity contribution in [2.45, 2.75) is 13.8 Å². The first-order valence-electron chi connectivity index (χ1n) is 6.44. The molecule has 3 aromatic rings. The quantitative estimate of drug-likeness (QED) is 0.684. The number of pyridine rings is 1. The first-order valence-corrected chi connectivity index (χ1v) is 6.44. The highest BCUT2D eigenvalue weighted by Crippen LogP contribution is 2.18. The molecule has 0 saturated heterocycles. The van der Waals surface area contributed by atoms with E-state index in [1.807, 2.05) is 26.0 Å². The van der Waals surface area contributed by atoms with E-state index in [9.17, 15) is 4.79 Å². The Bertz CT molecular complexity index is 774. The van der Waals surface area contributed by atoms with Crippen LogP contribution in [0.2, 0.25) is 0 Å². The van der Waals surface area contributed by atoms with Gasteiger partial charge in [-0.25, -0.2) is 0 Å². The average molecular weight is 282 g/mol. The molecule has 7 nitrogen and oxygen atoms in total. The zero-order valence-corrected chi connectivity index (χ0v) is 11.6. The number of nitrogens with one attached hydrogen (secondary N) is 3. The summed E-state index contributed by atoms with van der Waals surface area (Å²) in [5, 5.41) is 16.5. The molecule has 0 aliphatic heterocycles. The minimum absolute atomic E-state index is 0.280. The fourth-order valence-electron chi connectivity index (χ4n) is 1.89. The van der Waals surface area contributed by atoms with Gasteiger partial charge in [0.2, 0.25) is 0 Å². The Morgan fingerprint density at radius 3 is 2.57 bits per heavy atom. The van der Waals surface area contributed by atoms with Crippen molar-refractivity contribution in [3.8, 4) is 11.3 Å². The van der Waals surface area contributed by atoms with Gasteiger partial charge in [0.05, 0.1) is 5.69 Å². The van der Waals surface area contributed by atoms with Crippen molar-refractivity contribution in [3.63, 3.8) is 0 Å². The van der Waals surface area contributed by atoms with Gasteiger partial charge in [0.1, 0.15) is 5.69 Å². The Kier molecular flexibility index (Phi) is 3.23. The maximum absolute atomic E-state index is 12.2.